The van der Waals surface area contributed by atoms with Crippen LogP contribution in [0.1, 0.15) is 17.0 Å². The Morgan fingerprint density at radius 1 is 1.10 bits per heavy atom. The fraction of sp³-hybridized carbons (Fsp3) is 0.188. The van der Waals surface area contributed by atoms with Crippen LogP contribution in [0.4, 0.5) is 5.69 Å². The van der Waals surface area contributed by atoms with Crippen molar-refractivity contribution in [2.24, 2.45) is 0 Å². The van der Waals surface area contributed by atoms with E-state index in [0.29, 0.717) is 5.75 Å². The number of rotatable bonds is 1. The first-order valence-corrected chi connectivity index (χ1v) is 6.52. The van der Waals surface area contributed by atoms with Crippen LogP contribution < -0.4 is 14.4 Å². The summed E-state index contributed by atoms with van der Waals surface area (Å²) in [7, 11) is 1.81. The first-order valence-electron chi connectivity index (χ1n) is 6.52. The second-order valence-electron chi connectivity index (χ2n) is 5.00. The number of carbonyl (C=O) groups excluding carboxylic acids is 1. The molecule has 0 aromatic heterocycles. The summed E-state index contributed by atoms with van der Waals surface area (Å²) in [6.07, 6.45) is 0. The van der Waals surface area contributed by atoms with Gasteiger partial charge in [-0.1, -0.05) is 24.3 Å². The summed E-state index contributed by atoms with van der Waals surface area (Å²) < 4.78 is 10.7. The fourth-order valence-corrected chi connectivity index (χ4v) is 2.90. The van der Waals surface area contributed by atoms with E-state index in [2.05, 4.69) is 0 Å². The van der Waals surface area contributed by atoms with Crippen LogP contribution in [0.3, 0.4) is 0 Å². The van der Waals surface area contributed by atoms with Gasteiger partial charge in [-0.3, -0.25) is 4.79 Å². The van der Waals surface area contributed by atoms with E-state index in [9.17, 15) is 4.79 Å². The van der Waals surface area contributed by atoms with Crippen molar-refractivity contribution in [2.45, 2.75) is 5.92 Å². The van der Waals surface area contributed by atoms with E-state index < -0.39 is 0 Å². The van der Waals surface area contributed by atoms with Crippen LogP contribution in [0.25, 0.3) is 0 Å². The summed E-state index contributed by atoms with van der Waals surface area (Å²) in [5, 5.41) is 0. The molecule has 0 aliphatic carbocycles. The van der Waals surface area contributed by atoms with Gasteiger partial charge >= 0.3 is 0 Å². The molecular weight excluding hydrogens is 254 g/mol. The lowest BCUT2D eigenvalue weighted by Gasteiger charge is -2.12. The molecule has 0 radical (unpaired) electrons. The summed E-state index contributed by atoms with van der Waals surface area (Å²) in [6.45, 7) is 0.244. The topological polar surface area (TPSA) is 38.8 Å². The van der Waals surface area contributed by atoms with Crippen LogP contribution in [0.15, 0.2) is 42.5 Å². The highest BCUT2D eigenvalue weighted by Gasteiger charge is 2.36. The zero-order valence-electron chi connectivity index (χ0n) is 11.0. The molecule has 0 saturated heterocycles. The van der Waals surface area contributed by atoms with Crippen LogP contribution in [0.5, 0.6) is 11.5 Å². The van der Waals surface area contributed by atoms with E-state index in [4.69, 9.17) is 9.47 Å². The number of hydrogen-bond acceptors (Lipinski definition) is 3. The Hall–Kier alpha value is -2.49. The molecule has 0 N–H and O–H groups in total. The average Bonchev–Trinajstić information content (AvgIpc) is 3.03. The lowest BCUT2D eigenvalue weighted by molar-refractivity contribution is -0.118. The van der Waals surface area contributed by atoms with Crippen molar-refractivity contribution in [3.05, 3.63) is 53.6 Å². The van der Waals surface area contributed by atoms with Crippen LogP contribution >= 0.6 is 0 Å². The standard InChI is InChI=1S/C16H13NO3/c1-17-12-5-3-2-4-11(12)15(16(17)18)10-6-7-13-14(8-10)20-9-19-13/h2-8,15H,9H2,1H3. The minimum absolute atomic E-state index is 0.0880. The van der Waals surface area contributed by atoms with Gasteiger partial charge in [-0.15, -0.1) is 0 Å². The Morgan fingerprint density at radius 2 is 1.90 bits per heavy atom. The predicted octanol–water partition coefficient (Wildman–Crippen LogP) is 2.52. The van der Waals surface area contributed by atoms with Gasteiger partial charge in [0.15, 0.2) is 11.5 Å². The highest BCUT2D eigenvalue weighted by atomic mass is 16.7. The molecule has 100 valence electrons. The first kappa shape index (κ1) is 11.3. The molecule has 4 rings (SSSR count). The molecule has 1 atom stereocenters. The molecule has 0 bridgehead atoms. The SMILES string of the molecule is CN1C(=O)C(c2ccc3c(c2)OCO3)c2ccccc21. The summed E-state index contributed by atoms with van der Waals surface area (Å²) in [4.78, 5) is 14.2. The van der Waals surface area contributed by atoms with Crippen molar-refractivity contribution in [3.63, 3.8) is 0 Å². The maximum absolute atomic E-state index is 12.5. The minimum atomic E-state index is -0.259. The number of nitrogens with zero attached hydrogens (tertiary/aromatic N) is 1. The lowest BCUT2D eigenvalue weighted by atomic mass is 9.92. The van der Waals surface area contributed by atoms with Gasteiger partial charge in [0.05, 0.1) is 5.92 Å². The predicted molar refractivity (Wildman–Crippen MR) is 74.3 cm³/mol. The summed E-state index contributed by atoms with van der Waals surface area (Å²) in [5.74, 6) is 1.28. The van der Waals surface area contributed by atoms with Gasteiger partial charge in [0, 0.05) is 12.7 Å². The molecule has 1 amide bonds. The Kier molecular flexibility index (Phi) is 2.27. The number of fused-ring (bicyclic) bond motifs is 2. The van der Waals surface area contributed by atoms with Gasteiger partial charge < -0.3 is 14.4 Å². The quantitative estimate of drug-likeness (QED) is 0.797. The first-order chi connectivity index (χ1) is 9.75. The molecule has 0 fully saturated rings. The molecule has 4 nitrogen and oxygen atoms in total. The average molecular weight is 267 g/mol. The number of likely N-dealkylation sites (N-methyl/N-ethyl adjacent to an activating group) is 1. The van der Waals surface area contributed by atoms with E-state index in [1.807, 2.05) is 49.5 Å². The number of hydrogen-bond donors (Lipinski definition) is 0. The summed E-state index contributed by atoms with van der Waals surface area (Å²) in [6, 6.07) is 13.6. The van der Waals surface area contributed by atoms with E-state index in [1.54, 1.807) is 4.90 Å². The smallest absolute Gasteiger partial charge is 0.238 e. The Balaban J connectivity index is 1.84. The minimum Gasteiger partial charge on any atom is -0.454 e. The number of amides is 1. The van der Waals surface area contributed by atoms with E-state index >= 15 is 0 Å². The van der Waals surface area contributed by atoms with E-state index in [1.165, 1.54) is 0 Å². The third-order valence-corrected chi connectivity index (χ3v) is 3.92. The fourth-order valence-electron chi connectivity index (χ4n) is 2.90. The van der Waals surface area contributed by atoms with Crippen LogP contribution in [0.2, 0.25) is 0 Å². The molecular formula is C16H13NO3. The van der Waals surface area contributed by atoms with Crippen molar-refractivity contribution in [1.29, 1.82) is 0 Å². The highest BCUT2D eigenvalue weighted by molar-refractivity contribution is 6.06. The van der Waals surface area contributed by atoms with Crippen molar-refractivity contribution < 1.29 is 14.3 Å². The molecule has 2 aromatic rings. The number of benzene rings is 2. The Bertz CT molecular complexity index is 711. The summed E-state index contributed by atoms with van der Waals surface area (Å²) >= 11 is 0. The molecule has 2 aromatic carbocycles. The largest absolute Gasteiger partial charge is 0.454 e. The van der Waals surface area contributed by atoms with Gasteiger partial charge in [0.25, 0.3) is 0 Å². The molecule has 1 unspecified atom stereocenters. The van der Waals surface area contributed by atoms with Gasteiger partial charge in [0.2, 0.25) is 12.7 Å². The van der Waals surface area contributed by atoms with E-state index in [-0.39, 0.29) is 18.6 Å². The molecule has 0 saturated carbocycles. The Morgan fingerprint density at radius 3 is 2.80 bits per heavy atom. The second kappa shape index (κ2) is 4.00. The lowest BCUT2D eigenvalue weighted by Crippen LogP contribution is -2.24. The third kappa shape index (κ3) is 1.45. The van der Waals surface area contributed by atoms with E-state index in [0.717, 1.165) is 22.6 Å². The van der Waals surface area contributed by atoms with Gasteiger partial charge in [-0.05, 0) is 29.3 Å². The zero-order valence-corrected chi connectivity index (χ0v) is 11.0. The van der Waals surface area contributed by atoms with Crippen molar-refractivity contribution >= 4 is 11.6 Å². The van der Waals surface area contributed by atoms with Gasteiger partial charge in [-0.2, -0.15) is 0 Å². The second-order valence-corrected chi connectivity index (χ2v) is 5.00. The van der Waals surface area contributed by atoms with Crippen molar-refractivity contribution in [1.82, 2.24) is 0 Å². The molecule has 20 heavy (non-hydrogen) atoms. The summed E-state index contributed by atoms with van der Waals surface area (Å²) in [5.41, 5.74) is 2.95. The maximum atomic E-state index is 12.5. The number of anilines is 1. The van der Waals surface area contributed by atoms with Crippen LogP contribution in [-0.4, -0.2) is 19.7 Å². The van der Waals surface area contributed by atoms with Crippen molar-refractivity contribution in [3.8, 4) is 11.5 Å². The highest BCUT2D eigenvalue weighted by Crippen LogP contribution is 2.43. The molecule has 4 heteroatoms. The Labute approximate surface area is 116 Å². The van der Waals surface area contributed by atoms with Crippen molar-refractivity contribution in [2.75, 3.05) is 18.7 Å². The van der Waals surface area contributed by atoms with Crippen LogP contribution in [-0.2, 0) is 4.79 Å². The normalized spacial score (nSPS) is 19.4. The number of carbonyl (C=O) groups is 1. The monoisotopic (exact) mass is 267 g/mol. The van der Waals surface area contributed by atoms with Gasteiger partial charge in [0.1, 0.15) is 0 Å². The third-order valence-electron chi connectivity index (χ3n) is 3.92. The zero-order chi connectivity index (χ0) is 13.7. The number of para-hydroxylation sites is 1. The molecule has 0 spiro atoms. The molecule has 2 aliphatic heterocycles. The molecule has 2 heterocycles. The maximum Gasteiger partial charge on any atom is 0.238 e. The van der Waals surface area contributed by atoms with Crippen LogP contribution in [0, 0.1) is 0 Å². The number of ether oxygens (including phenoxy) is 2. The molecule has 2 aliphatic rings. The van der Waals surface area contributed by atoms with Gasteiger partial charge in [-0.25, -0.2) is 0 Å².